The molecule has 1 saturated heterocycles. The van der Waals surface area contributed by atoms with Gasteiger partial charge in [0.1, 0.15) is 24.1 Å². The Labute approximate surface area is 229 Å². The number of nitrogens with one attached hydrogen (secondary N) is 3. The number of nitrogens with zero attached hydrogens (tertiary/aromatic N) is 4. The third-order valence-corrected chi connectivity index (χ3v) is 8.67. The average molecular weight is 566 g/mol. The lowest BCUT2D eigenvalue weighted by atomic mass is 9.51. The van der Waals surface area contributed by atoms with E-state index in [-0.39, 0.29) is 30.2 Å². The van der Waals surface area contributed by atoms with Crippen molar-refractivity contribution >= 4 is 23.6 Å². The highest BCUT2D eigenvalue weighted by Crippen LogP contribution is 2.57. The first kappa shape index (κ1) is 27.1. The number of anilines is 3. The molecule has 1 aliphatic heterocycles. The third kappa shape index (κ3) is 5.55. The van der Waals surface area contributed by atoms with Gasteiger partial charge in [-0.2, -0.15) is 28.2 Å². The Morgan fingerprint density at radius 3 is 2.73 bits per heavy atom. The van der Waals surface area contributed by atoms with E-state index in [2.05, 4.69) is 35.7 Å². The van der Waals surface area contributed by atoms with E-state index in [4.69, 9.17) is 9.47 Å². The molecule has 0 radical (unpaired) electrons. The highest BCUT2D eigenvalue weighted by Gasteiger charge is 2.63. The number of alkyl halides is 3. The molecule has 4 bridgehead atoms. The predicted octanol–water partition coefficient (Wildman–Crippen LogP) is 3.16. The molecule has 11 nitrogen and oxygen atoms in total. The number of ether oxygens (including phenoxy) is 2. The number of aromatic nitrogens is 4. The molecule has 2 aromatic rings. The molecule has 5 aliphatic rings. The maximum absolute atomic E-state index is 13.1. The number of esters is 1. The first-order chi connectivity index (χ1) is 19.1. The smallest absolute Gasteiger partial charge is 0.476 e. The van der Waals surface area contributed by atoms with Crippen molar-refractivity contribution in [3.63, 3.8) is 0 Å². The molecule has 40 heavy (non-hydrogen) atoms. The second kappa shape index (κ2) is 10.4. The Morgan fingerprint density at radius 1 is 1.20 bits per heavy atom. The maximum Gasteiger partial charge on any atom is 0.490 e. The summed E-state index contributed by atoms with van der Waals surface area (Å²) in [5.41, 5.74) is -0.607. The molecule has 0 amide bonds. The molecule has 4 N–H and O–H groups in total. The minimum Gasteiger partial charge on any atom is -0.476 e. The molecule has 3 heterocycles. The number of aryl methyl sites for hydroxylation is 1. The van der Waals surface area contributed by atoms with Gasteiger partial charge >= 0.3 is 12.1 Å². The van der Waals surface area contributed by atoms with E-state index in [0.717, 1.165) is 31.7 Å². The largest absolute Gasteiger partial charge is 0.490 e. The summed E-state index contributed by atoms with van der Waals surface area (Å²) in [6.45, 7) is 5.18. The first-order valence-electron chi connectivity index (χ1n) is 13.9. The van der Waals surface area contributed by atoms with Gasteiger partial charge in [0.2, 0.25) is 11.8 Å². The molecular formula is C26H34F3N7O4. The summed E-state index contributed by atoms with van der Waals surface area (Å²) in [4.78, 5) is 23.3. The van der Waals surface area contributed by atoms with Gasteiger partial charge in [0.25, 0.3) is 0 Å². The van der Waals surface area contributed by atoms with E-state index in [1.807, 2.05) is 13.0 Å². The summed E-state index contributed by atoms with van der Waals surface area (Å²) in [5, 5.41) is 24.8. The number of likely N-dealkylation sites (tertiary alicyclic amines) is 1. The van der Waals surface area contributed by atoms with E-state index < -0.39 is 29.8 Å². The van der Waals surface area contributed by atoms with Crippen LogP contribution in [0.3, 0.4) is 0 Å². The van der Waals surface area contributed by atoms with Crippen molar-refractivity contribution in [1.29, 1.82) is 0 Å². The number of hydrogen-bond acceptors (Lipinski definition) is 10. The van der Waals surface area contributed by atoms with Gasteiger partial charge in [-0.25, -0.2) is 4.79 Å². The second-order valence-corrected chi connectivity index (χ2v) is 11.6. The fourth-order valence-electron chi connectivity index (χ4n) is 7.19. The molecule has 4 aliphatic carbocycles. The van der Waals surface area contributed by atoms with Crippen LogP contribution in [0.4, 0.5) is 30.8 Å². The molecule has 7 rings (SSSR count). The third-order valence-electron chi connectivity index (χ3n) is 8.67. The molecule has 5 fully saturated rings. The Bertz CT molecular complexity index is 1240. The lowest BCUT2D eigenvalue weighted by Gasteiger charge is -2.61. The Balaban J connectivity index is 1.23. The van der Waals surface area contributed by atoms with Crippen LogP contribution in [-0.4, -0.2) is 86.3 Å². The number of H-pyrrole nitrogens is 1. The van der Waals surface area contributed by atoms with Gasteiger partial charge in [0.05, 0.1) is 0 Å². The fourth-order valence-corrected chi connectivity index (χ4v) is 7.19. The molecule has 218 valence electrons. The van der Waals surface area contributed by atoms with Gasteiger partial charge in [0, 0.05) is 36.3 Å². The van der Waals surface area contributed by atoms with Gasteiger partial charge in [-0.3, -0.25) is 10.00 Å². The predicted molar refractivity (Wildman–Crippen MR) is 137 cm³/mol. The van der Waals surface area contributed by atoms with E-state index in [9.17, 15) is 23.1 Å². The molecule has 2 aromatic heterocycles. The van der Waals surface area contributed by atoms with Gasteiger partial charge in [0.15, 0.2) is 5.82 Å². The van der Waals surface area contributed by atoms with Crippen LogP contribution >= 0.6 is 0 Å². The highest BCUT2D eigenvalue weighted by atomic mass is 19.4. The van der Waals surface area contributed by atoms with Crippen LogP contribution in [0.15, 0.2) is 12.1 Å². The normalized spacial score (nSPS) is 31.4. The van der Waals surface area contributed by atoms with Crippen molar-refractivity contribution in [2.75, 3.05) is 36.9 Å². The number of hydrogen-bond donors (Lipinski definition) is 4. The lowest BCUT2D eigenvalue weighted by Crippen LogP contribution is -2.68. The van der Waals surface area contributed by atoms with Crippen molar-refractivity contribution in [2.24, 2.45) is 17.8 Å². The minimum atomic E-state index is -5.14. The van der Waals surface area contributed by atoms with Crippen LogP contribution < -0.4 is 15.4 Å². The van der Waals surface area contributed by atoms with Gasteiger partial charge in [-0.05, 0) is 70.4 Å². The van der Waals surface area contributed by atoms with Crippen molar-refractivity contribution in [3.05, 3.63) is 17.8 Å². The van der Waals surface area contributed by atoms with E-state index in [1.165, 1.54) is 12.8 Å². The fraction of sp³-hybridized carbons (Fsp3) is 0.692. The average Bonchev–Trinajstić information content (AvgIpc) is 3.54. The Kier molecular flexibility index (Phi) is 7.01. The molecule has 6 atom stereocenters. The minimum absolute atomic E-state index is 0.0305. The SMILES string of the molecule is Cc1cc(Nc2cc(OCCN3CCCC3)nc(NC3C4CC5CC3C(OC(=O)C(F)(F)F)C(O)(C5)C4)n2)n[nH]1. The van der Waals surface area contributed by atoms with Crippen LogP contribution in [-0.2, 0) is 9.53 Å². The number of rotatable bonds is 9. The number of aliphatic hydroxyl groups is 1. The molecule has 0 aromatic carbocycles. The molecule has 0 spiro atoms. The number of halogens is 3. The topological polar surface area (TPSA) is 138 Å². The van der Waals surface area contributed by atoms with E-state index in [0.29, 0.717) is 37.0 Å². The van der Waals surface area contributed by atoms with E-state index >= 15 is 0 Å². The molecule has 4 saturated carbocycles. The van der Waals surface area contributed by atoms with Crippen LogP contribution in [0.2, 0.25) is 0 Å². The second-order valence-electron chi connectivity index (χ2n) is 11.6. The quantitative estimate of drug-likeness (QED) is 0.336. The summed E-state index contributed by atoms with van der Waals surface area (Å²) >= 11 is 0. The Hall–Kier alpha value is -3.13. The van der Waals surface area contributed by atoms with Crippen LogP contribution in [0.1, 0.15) is 44.2 Å². The summed E-state index contributed by atoms with van der Waals surface area (Å²) in [5.74, 6) is -1.10. The van der Waals surface area contributed by atoms with E-state index in [1.54, 1.807) is 6.07 Å². The summed E-state index contributed by atoms with van der Waals surface area (Å²) in [6, 6.07) is 3.11. The number of aromatic amines is 1. The van der Waals surface area contributed by atoms with Crippen LogP contribution in [0.25, 0.3) is 0 Å². The molecule has 14 heteroatoms. The van der Waals surface area contributed by atoms with Gasteiger partial charge in [-0.15, -0.1) is 0 Å². The number of carbonyl (C=O) groups excluding carboxylic acids is 1. The first-order valence-corrected chi connectivity index (χ1v) is 13.9. The van der Waals surface area contributed by atoms with Crippen molar-refractivity contribution < 1.29 is 32.5 Å². The Morgan fingerprint density at radius 2 is 2.00 bits per heavy atom. The summed E-state index contributed by atoms with van der Waals surface area (Å²) in [6.07, 6.45) is -2.13. The summed E-state index contributed by atoms with van der Waals surface area (Å²) in [7, 11) is 0. The zero-order valence-electron chi connectivity index (χ0n) is 22.2. The summed E-state index contributed by atoms with van der Waals surface area (Å²) < 4.78 is 50.2. The molecule has 6 unspecified atom stereocenters. The van der Waals surface area contributed by atoms with Crippen molar-refractivity contribution in [3.8, 4) is 5.88 Å². The molecular weight excluding hydrogens is 531 g/mol. The maximum atomic E-state index is 13.1. The van der Waals surface area contributed by atoms with Gasteiger partial charge in [-0.1, -0.05) is 0 Å². The van der Waals surface area contributed by atoms with Crippen LogP contribution in [0, 0.1) is 24.7 Å². The van der Waals surface area contributed by atoms with Crippen molar-refractivity contribution in [1.82, 2.24) is 25.1 Å². The monoisotopic (exact) mass is 565 g/mol. The zero-order valence-corrected chi connectivity index (χ0v) is 22.2. The highest BCUT2D eigenvalue weighted by molar-refractivity contribution is 5.76. The van der Waals surface area contributed by atoms with Crippen molar-refractivity contribution in [2.45, 2.75) is 69.4 Å². The lowest BCUT2D eigenvalue weighted by molar-refractivity contribution is -0.249. The standard InChI is InChI=1S/C26H34F3N7O4/c1-14-8-19(35-34-14)30-18-11-20(39-7-6-36-4-2-3-5-36)32-24(31-18)33-21-16-9-15-10-17(21)22(25(38,12-15)13-16)40-23(37)26(27,28)29/h8,11,15-17,21-22,38H,2-7,9-10,12-13H2,1H3,(H3,30,31,32,33,34,35). The zero-order chi connectivity index (χ0) is 28.1. The van der Waals surface area contributed by atoms with Gasteiger partial charge < -0.3 is 25.2 Å². The number of carbonyl (C=O) groups is 1. The van der Waals surface area contributed by atoms with Crippen LogP contribution in [0.5, 0.6) is 5.88 Å².